The smallest absolute Gasteiger partial charge is 0.407 e. The number of carbonyl (C=O) groups is 1. The molecule has 4 rings (SSSR count). The lowest BCUT2D eigenvalue weighted by atomic mass is 9.98. The van der Waals surface area contributed by atoms with Crippen LogP contribution in [0.3, 0.4) is 0 Å². The van der Waals surface area contributed by atoms with Crippen LogP contribution in [0.2, 0.25) is 0 Å². The second kappa shape index (κ2) is 9.02. The van der Waals surface area contributed by atoms with Crippen molar-refractivity contribution >= 4 is 27.8 Å². The molecule has 5 nitrogen and oxygen atoms in total. The van der Waals surface area contributed by atoms with Crippen LogP contribution in [0.4, 0.5) is 10.6 Å². The Labute approximate surface area is 183 Å². The van der Waals surface area contributed by atoms with Gasteiger partial charge in [0.05, 0.1) is 5.56 Å². The highest BCUT2D eigenvalue weighted by atomic mass is 79.9. The Balaban J connectivity index is 1.30. The van der Waals surface area contributed by atoms with Crippen LogP contribution in [-0.4, -0.2) is 24.2 Å². The van der Waals surface area contributed by atoms with Crippen LogP contribution in [0, 0.1) is 11.8 Å². The van der Waals surface area contributed by atoms with E-state index in [9.17, 15) is 4.79 Å². The maximum absolute atomic E-state index is 12.1. The first kappa shape index (κ1) is 20.0. The van der Waals surface area contributed by atoms with Crippen LogP contribution in [0.25, 0.3) is 11.1 Å². The van der Waals surface area contributed by atoms with Gasteiger partial charge in [0.15, 0.2) is 0 Å². The van der Waals surface area contributed by atoms with E-state index in [4.69, 9.17) is 10.5 Å². The third-order valence-electron chi connectivity index (χ3n) is 4.97. The van der Waals surface area contributed by atoms with E-state index in [-0.39, 0.29) is 5.92 Å². The molecule has 0 saturated carbocycles. The number of anilines is 1. The van der Waals surface area contributed by atoms with Crippen molar-refractivity contribution < 1.29 is 9.53 Å². The van der Waals surface area contributed by atoms with Crippen molar-refractivity contribution in [1.29, 1.82) is 0 Å². The van der Waals surface area contributed by atoms with Crippen molar-refractivity contribution in [2.45, 2.75) is 12.3 Å². The van der Waals surface area contributed by atoms with Crippen LogP contribution >= 0.6 is 15.9 Å². The predicted molar refractivity (Wildman–Crippen MR) is 121 cm³/mol. The molecule has 1 amide bonds. The number of alkyl carbamates (subject to hydrolysis) is 1. The number of nitrogens with two attached hydrogens (primary N) is 1. The molecule has 0 unspecified atom stereocenters. The number of halogens is 1. The maximum atomic E-state index is 12.1. The number of nitrogens with zero attached hydrogens (tertiary/aromatic N) is 1. The van der Waals surface area contributed by atoms with E-state index < -0.39 is 6.09 Å². The van der Waals surface area contributed by atoms with E-state index in [0.29, 0.717) is 31.0 Å². The molecule has 3 N–H and O–H groups in total. The number of hydrogen-bond donors (Lipinski definition) is 2. The lowest BCUT2D eigenvalue weighted by Crippen LogP contribution is -2.26. The molecule has 1 aliphatic rings. The van der Waals surface area contributed by atoms with Gasteiger partial charge in [-0.3, -0.25) is 0 Å². The predicted octanol–water partition coefficient (Wildman–Crippen LogP) is 4.71. The zero-order valence-corrected chi connectivity index (χ0v) is 17.8. The van der Waals surface area contributed by atoms with Crippen LogP contribution in [0.1, 0.15) is 29.0 Å². The summed E-state index contributed by atoms with van der Waals surface area (Å²) < 4.78 is 6.32. The molecule has 3 aromatic rings. The molecule has 0 fully saturated rings. The highest BCUT2D eigenvalue weighted by Gasteiger charge is 2.28. The van der Waals surface area contributed by atoms with Crippen LogP contribution < -0.4 is 11.1 Å². The second-order valence-electron chi connectivity index (χ2n) is 6.89. The number of benzene rings is 2. The van der Waals surface area contributed by atoms with Crippen molar-refractivity contribution in [3.8, 4) is 23.0 Å². The van der Waals surface area contributed by atoms with E-state index in [1.165, 1.54) is 22.3 Å². The number of aromatic nitrogens is 1. The fourth-order valence-corrected chi connectivity index (χ4v) is 3.92. The molecular weight excluding hydrogens is 442 g/mol. The van der Waals surface area contributed by atoms with E-state index >= 15 is 0 Å². The van der Waals surface area contributed by atoms with Crippen molar-refractivity contribution in [2.24, 2.45) is 0 Å². The Morgan fingerprint density at radius 3 is 2.50 bits per heavy atom. The molecule has 30 heavy (non-hydrogen) atoms. The van der Waals surface area contributed by atoms with E-state index in [1.807, 2.05) is 30.3 Å². The molecule has 0 bridgehead atoms. The van der Waals surface area contributed by atoms with Gasteiger partial charge in [0, 0.05) is 29.6 Å². The first-order chi connectivity index (χ1) is 14.6. The fraction of sp³-hybridized carbons (Fsp3) is 0.167. The SMILES string of the molecule is Nc1ncc(Br)cc1C#CCCNC(=O)OCC1c2ccccc2-c2ccccc21. The minimum absolute atomic E-state index is 0.0509. The van der Waals surface area contributed by atoms with Gasteiger partial charge in [0.1, 0.15) is 12.4 Å². The Morgan fingerprint density at radius 2 is 1.80 bits per heavy atom. The summed E-state index contributed by atoms with van der Waals surface area (Å²) in [6.07, 6.45) is 1.66. The van der Waals surface area contributed by atoms with E-state index in [0.717, 1.165) is 4.47 Å². The van der Waals surface area contributed by atoms with Crippen molar-refractivity contribution in [3.63, 3.8) is 0 Å². The Hall–Kier alpha value is -3.30. The lowest BCUT2D eigenvalue weighted by molar-refractivity contribution is 0.143. The molecule has 0 radical (unpaired) electrons. The molecule has 0 aliphatic heterocycles. The van der Waals surface area contributed by atoms with Gasteiger partial charge in [-0.2, -0.15) is 0 Å². The molecule has 2 aromatic carbocycles. The topological polar surface area (TPSA) is 77.2 Å². The highest BCUT2D eigenvalue weighted by Crippen LogP contribution is 2.44. The summed E-state index contributed by atoms with van der Waals surface area (Å²) in [6, 6.07) is 18.3. The third kappa shape index (κ3) is 4.32. The molecular formula is C24H20BrN3O2. The minimum atomic E-state index is -0.442. The Bertz CT molecular complexity index is 1100. The summed E-state index contributed by atoms with van der Waals surface area (Å²) in [6.45, 7) is 0.691. The number of nitrogens with one attached hydrogen (secondary N) is 1. The molecule has 150 valence electrons. The van der Waals surface area contributed by atoms with Crippen molar-refractivity contribution in [3.05, 3.63) is 82.0 Å². The van der Waals surface area contributed by atoms with Crippen molar-refractivity contribution in [2.75, 3.05) is 18.9 Å². The number of nitrogen functional groups attached to an aromatic ring is 1. The number of rotatable bonds is 4. The van der Waals surface area contributed by atoms with Gasteiger partial charge in [-0.25, -0.2) is 9.78 Å². The molecule has 1 aliphatic carbocycles. The number of fused-ring (bicyclic) bond motifs is 3. The summed E-state index contributed by atoms with van der Waals surface area (Å²) in [5.41, 5.74) is 11.3. The van der Waals surface area contributed by atoms with Crippen molar-refractivity contribution in [1.82, 2.24) is 10.3 Å². The number of amides is 1. The Kier molecular flexibility index (Phi) is 6.01. The average Bonchev–Trinajstić information content (AvgIpc) is 3.08. The van der Waals surface area contributed by atoms with Crippen LogP contribution in [-0.2, 0) is 4.74 Å². The molecule has 0 spiro atoms. The first-order valence-electron chi connectivity index (χ1n) is 9.62. The standard InChI is InChI=1S/C24H20BrN3O2/c25-17-13-16(23(26)28-14-17)7-5-6-12-27-24(29)30-15-22-20-10-3-1-8-18(20)19-9-2-4-11-21(19)22/h1-4,8-11,13-14,22H,6,12,15H2,(H2,26,28)(H,27,29). The third-order valence-corrected chi connectivity index (χ3v) is 5.40. The number of carbonyl (C=O) groups excluding carboxylic acids is 1. The van der Waals surface area contributed by atoms with Gasteiger partial charge in [-0.05, 0) is 44.3 Å². The Morgan fingerprint density at radius 1 is 1.13 bits per heavy atom. The highest BCUT2D eigenvalue weighted by molar-refractivity contribution is 9.10. The molecule has 1 aromatic heterocycles. The van der Waals surface area contributed by atoms with Gasteiger partial charge >= 0.3 is 6.09 Å². The summed E-state index contributed by atoms with van der Waals surface area (Å²) in [7, 11) is 0. The summed E-state index contributed by atoms with van der Waals surface area (Å²) in [5, 5.41) is 2.75. The van der Waals surface area contributed by atoms with Crippen LogP contribution in [0.15, 0.2) is 65.3 Å². The fourth-order valence-electron chi connectivity index (χ4n) is 3.58. The summed E-state index contributed by atoms with van der Waals surface area (Å²) in [5.74, 6) is 6.39. The normalized spacial score (nSPS) is 11.8. The zero-order chi connectivity index (χ0) is 20.9. The number of hydrogen-bond acceptors (Lipinski definition) is 4. The van der Waals surface area contributed by atoms with Gasteiger partial charge in [0.25, 0.3) is 0 Å². The van der Waals surface area contributed by atoms with Crippen LogP contribution in [0.5, 0.6) is 0 Å². The molecule has 1 heterocycles. The minimum Gasteiger partial charge on any atom is -0.449 e. The maximum Gasteiger partial charge on any atom is 0.407 e. The lowest BCUT2D eigenvalue weighted by Gasteiger charge is -2.14. The van der Waals surface area contributed by atoms with Gasteiger partial charge in [0.2, 0.25) is 0 Å². The summed E-state index contributed by atoms with van der Waals surface area (Å²) >= 11 is 3.34. The molecule has 0 saturated heterocycles. The van der Waals surface area contributed by atoms with E-state index in [2.05, 4.69) is 62.3 Å². The first-order valence-corrected chi connectivity index (χ1v) is 10.4. The molecule has 0 atom stereocenters. The van der Waals surface area contributed by atoms with E-state index in [1.54, 1.807) is 6.20 Å². The number of pyridine rings is 1. The zero-order valence-electron chi connectivity index (χ0n) is 16.2. The quantitative estimate of drug-likeness (QED) is 0.435. The largest absolute Gasteiger partial charge is 0.449 e. The average molecular weight is 462 g/mol. The molecule has 6 heteroatoms. The number of ether oxygens (including phenoxy) is 1. The van der Waals surface area contributed by atoms with Gasteiger partial charge < -0.3 is 15.8 Å². The monoisotopic (exact) mass is 461 g/mol. The summed E-state index contributed by atoms with van der Waals surface area (Å²) in [4.78, 5) is 16.2. The second-order valence-corrected chi connectivity index (χ2v) is 7.81. The van der Waals surface area contributed by atoms with Gasteiger partial charge in [-0.15, -0.1) is 0 Å². The van der Waals surface area contributed by atoms with Gasteiger partial charge in [-0.1, -0.05) is 60.4 Å².